The molecule has 2 aromatic heterocycles. The summed E-state index contributed by atoms with van der Waals surface area (Å²) in [6.07, 6.45) is 4.51. The molecule has 0 spiro atoms. The Kier molecular flexibility index (Phi) is 5.17. The van der Waals surface area contributed by atoms with E-state index in [-0.39, 0.29) is 18.0 Å². The molecule has 0 aliphatic heterocycles. The largest absolute Gasteiger partial charge is 0.497 e. The van der Waals surface area contributed by atoms with Crippen molar-refractivity contribution in [2.24, 2.45) is 5.92 Å². The summed E-state index contributed by atoms with van der Waals surface area (Å²) in [6.45, 7) is 2.62. The maximum atomic E-state index is 13.0. The Morgan fingerprint density at radius 3 is 2.89 bits per heavy atom. The van der Waals surface area contributed by atoms with Gasteiger partial charge in [0.25, 0.3) is 5.56 Å². The maximum Gasteiger partial charge on any atom is 0.262 e. The Labute approximate surface area is 167 Å². The van der Waals surface area contributed by atoms with E-state index in [1.807, 2.05) is 24.3 Å². The van der Waals surface area contributed by atoms with Crippen LogP contribution in [0.5, 0.6) is 5.75 Å². The highest BCUT2D eigenvalue weighted by Gasteiger charge is 2.23. The zero-order chi connectivity index (χ0) is 19.7. The lowest BCUT2D eigenvalue weighted by atomic mass is 9.89. The first-order chi connectivity index (χ1) is 13.5. The fourth-order valence-electron chi connectivity index (χ4n) is 3.63. The van der Waals surface area contributed by atoms with E-state index in [0.29, 0.717) is 17.8 Å². The van der Waals surface area contributed by atoms with Crippen LogP contribution < -0.4 is 15.6 Å². The molecule has 0 radical (unpaired) electrons. The van der Waals surface area contributed by atoms with Crippen molar-refractivity contribution in [2.45, 2.75) is 39.3 Å². The molecule has 0 saturated carbocycles. The van der Waals surface area contributed by atoms with E-state index in [9.17, 15) is 9.59 Å². The number of aryl methyl sites for hydroxylation is 1. The van der Waals surface area contributed by atoms with Gasteiger partial charge < -0.3 is 10.1 Å². The molecule has 2 heterocycles. The third-order valence-corrected chi connectivity index (χ3v) is 6.41. The number of nitrogens with zero attached hydrogens (tertiary/aromatic N) is 2. The number of benzene rings is 1. The molecule has 1 amide bonds. The first-order valence-electron chi connectivity index (χ1n) is 9.44. The third-order valence-electron chi connectivity index (χ3n) is 5.24. The Morgan fingerprint density at radius 2 is 2.14 bits per heavy atom. The first-order valence-corrected chi connectivity index (χ1v) is 10.3. The van der Waals surface area contributed by atoms with Gasteiger partial charge in [-0.15, -0.1) is 11.3 Å². The number of thiophene rings is 1. The van der Waals surface area contributed by atoms with Gasteiger partial charge in [0.05, 0.1) is 18.8 Å². The number of hydrogen-bond acceptors (Lipinski definition) is 5. The fourth-order valence-corrected chi connectivity index (χ4v) is 4.97. The van der Waals surface area contributed by atoms with Crippen molar-refractivity contribution < 1.29 is 9.53 Å². The number of amides is 1. The summed E-state index contributed by atoms with van der Waals surface area (Å²) in [5, 5.41) is 3.56. The standard InChI is InChI=1S/C21H23N3O3S/c1-13-3-8-16-17(9-13)28-20-19(16)21(26)24(12-23-20)11-18(25)22-10-14-4-6-15(27-2)7-5-14/h4-7,12-13H,3,8-11H2,1-2H3,(H,22,25)/t13-/m0/s1. The second-order valence-corrected chi connectivity index (χ2v) is 8.42. The molecule has 0 saturated heterocycles. The normalized spacial score (nSPS) is 16.0. The molecular formula is C21H23N3O3S. The molecule has 0 bridgehead atoms. The smallest absolute Gasteiger partial charge is 0.262 e. The molecule has 3 aromatic rings. The molecule has 28 heavy (non-hydrogen) atoms. The van der Waals surface area contributed by atoms with Crippen LogP contribution in [0.3, 0.4) is 0 Å². The van der Waals surface area contributed by atoms with E-state index in [1.54, 1.807) is 18.4 Å². The average molecular weight is 398 g/mol. The predicted molar refractivity (Wildman–Crippen MR) is 110 cm³/mol. The van der Waals surface area contributed by atoms with Crippen molar-refractivity contribution in [1.29, 1.82) is 0 Å². The van der Waals surface area contributed by atoms with Crippen LogP contribution in [-0.4, -0.2) is 22.6 Å². The number of methoxy groups -OCH3 is 1. The highest BCUT2D eigenvalue weighted by atomic mass is 32.1. The van der Waals surface area contributed by atoms with Crippen molar-refractivity contribution in [2.75, 3.05) is 7.11 Å². The summed E-state index contributed by atoms with van der Waals surface area (Å²) < 4.78 is 6.54. The monoisotopic (exact) mass is 397 g/mol. The van der Waals surface area contributed by atoms with Gasteiger partial charge in [0.1, 0.15) is 17.1 Å². The fraction of sp³-hybridized carbons (Fsp3) is 0.381. The second-order valence-electron chi connectivity index (χ2n) is 7.33. The number of rotatable bonds is 5. The number of ether oxygens (including phenoxy) is 1. The van der Waals surface area contributed by atoms with Gasteiger partial charge in [0.2, 0.25) is 5.91 Å². The van der Waals surface area contributed by atoms with E-state index in [1.165, 1.54) is 15.8 Å². The van der Waals surface area contributed by atoms with Crippen LogP contribution in [0, 0.1) is 5.92 Å². The first kappa shape index (κ1) is 18.7. The number of fused-ring (bicyclic) bond motifs is 3. The molecule has 4 rings (SSSR count). The topological polar surface area (TPSA) is 73.2 Å². The zero-order valence-electron chi connectivity index (χ0n) is 16.0. The number of carbonyl (C=O) groups excluding carboxylic acids is 1. The van der Waals surface area contributed by atoms with Crippen molar-refractivity contribution in [1.82, 2.24) is 14.9 Å². The minimum atomic E-state index is -0.211. The Hall–Kier alpha value is -2.67. The molecule has 6 nitrogen and oxygen atoms in total. The van der Waals surface area contributed by atoms with Crippen LogP contribution >= 0.6 is 11.3 Å². The Balaban J connectivity index is 1.49. The Bertz CT molecular complexity index is 1070. The molecule has 7 heteroatoms. The van der Waals surface area contributed by atoms with E-state index >= 15 is 0 Å². The number of aromatic nitrogens is 2. The van der Waals surface area contributed by atoms with E-state index in [4.69, 9.17) is 4.74 Å². The summed E-state index contributed by atoms with van der Waals surface area (Å²) in [5.41, 5.74) is 2.00. The van der Waals surface area contributed by atoms with Gasteiger partial charge in [-0.1, -0.05) is 19.1 Å². The van der Waals surface area contributed by atoms with Crippen LogP contribution in [0.15, 0.2) is 35.4 Å². The van der Waals surface area contributed by atoms with Gasteiger partial charge in [-0.2, -0.15) is 0 Å². The van der Waals surface area contributed by atoms with E-state index < -0.39 is 0 Å². The van der Waals surface area contributed by atoms with Crippen LogP contribution in [-0.2, 0) is 30.7 Å². The highest BCUT2D eigenvalue weighted by molar-refractivity contribution is 7.18. The van der Waals surface area contributed by atoms with Crippen molar-refractivity contribution in [3.8, 4) is 5.75 Å². The van der Waals surface area contributed by atoms with Crippen molar-refractivity contribution >= 4 is 27.5 Å². The number of carbonyl (C=O) groups is 1. The van der Waals surface area contributed by atoms with Crippen molar-refractivity contribution in [3.63, 3.8) is 0 Å². The summed E-state index contributed by atoms with van der Waals surface area (Å²) in [4.78, 5) is 31.8. The quantitative estimate of drug-likeness (QED) is 0.718. The van der Waals surface area contributed by atoms with E-state index in [2.05, 4.69) is 17.2 Å². The van der Waals surface area contributed by atoms with Gasteiger partial charge in [-0.25, -0.2) is 4.98 Å². The minimum Gasteiger partial charge on any atom is -0.497 e. The lowest BCUT2D eigenvalue weighted by Crippen LogP contribution is -2.32. The molecule has 1 aliphatic rings. The van der Waals surface area contributed by atoms with Crippen LogP contribution in [0.1, 0.15) is 29.3 Å². The molecular weight excluding hydrogens is 374 g/mol. The molecule has 146 valence electrons. The Morgan fingerprint density at radius 1 is 1.36 bits per heavy atom. The molecule has 0 fully saturated rings. The number of nitrogens with one attached hydrogen (secondary N) is 1. The third kappa shape index (κ3) is 3.67. The average Bonchev–Trinajstić information content (AvgIpc) is 3.07. The second kappa shape index (κ2) is 7.75. The molecule has 1 N–H and O–H groups in total. The molecule has 1 aromatic carbocycles. The van der Waals surface area contributed by atoms with Crippen LogP contribution in [0.4, 0.5) is 0 Å². The summed E-state index contributed by atoms with van der Waals surface area (Å²) >= 11 is 1.62. The molecule has 1 aliphatic carbocycles. The highest BCUT2D eigenvalue weighted by Crippen LogP contribution is 2.35. The SMILES string of the molecule is COc1ccc(CNC(=O)Cn2cnc3sc4c(c3c2=O)CC[C@H](C)C4)cc1. The summed E-state index contributed by atoms with van der Waals surface area (Å²) in [6, 6.07) is 7.50. The van der Waals surface area contributed by atoms with Crippen LogP contribution in [0.25, 0.3) is 10.2 Å². The summed E-state index contributed by atoms with van der Waals surface area (Å²) in [5.74, 6) is 1.21. The molecule has 0 unspecified atom stereocenters. The minimum absolute atomic E-state index is 0.0288. The van der Waals surface area contributed by atoms with Gasteiger partial charge in [-0.05, 0) is 48.4 Å². The summed E-state index contributed by atoms with van der Waals surface area (Å²) in [7, 11) is 1.62. The number of hydrogen-bond donors (Lipinski definition) is 1. The van der Waals surface area contributed by atoms with Gasteiger partial charge in [-0.3, -0.25) is 14.2 Å². The lowest BCUT2D eigenvalue weighted by molar-refractivity contribution is -0.121. The lowest BCUT2D eigenvalue weighted by Gasteiger charge is -2.17. The van der Waals surface area contributed by atoms with Gasteiger partial charge >= 0.3 is 0 Å². The zero-order valence-corrected chi connectivity index (χ0v) is 16.8. The van der Waals surface area contributed by atoms with Gasteiger partial charge in [0.15, 0.2) is 0 Å². The predicted octanol–water partition coefficient (Wildman–Crippen LogP) is 2.91. The molecule has 1 atom stereocenters. The van der Waals surface area contributed by atoms with Crippen LogP contribution in [0.2, 0.25) is 0 Å². The van der Waals surface area contributed by atoms with Crippen molar-refractivity contribution in [3.05, 3.63) is 57.0 Å². The van der Waals surface area contributed by atoms with E-state index in [0.717, 1.165) is 41.0 Å². The van der Waals surface area contributed by atoms with Gasteiger partial charge in [0, 0.05) is 11.4 Å². The maximum absolute atomic E-state index is 13.0.